The van der Waals surface area contributed by atoms with Gasteiger partial charge in [0.05, 0.1) is 0 Å². The summed E-state index contributed by atoms with van der Waals surface area (Å²) in [5, 5.41) is 9.16. The second kappa shape index (κ2) is 5.46. The van der Waals surface area contributed by atoms with Gasteiger partial charge in [0.1, 0.15) is 10.6 Å². The molecule has 0 bridgehead atoms. The molecule has 0 amide bonds. The van der Waals surface area contributed by atoms with Crippen molar-refractivity contribution in [2.75, 3.05) is 6.54 Å². The summed E-state index contributed by atoms with van der Waals surface area (Å²) in [5.41, 5.74) is 0.0885. The van der Waals surface area contributed by atoms with Crippen LogP contribution in [0.25, 0.3) is 0 Å². The maximum absolute atomic E-state index is 12.3. The molecule has 2 N–H and O–H groups in total. The number of carboxylic acids is 1. The number of hydrogen-bond donors (Lipinski definition) is 2. The highest BCUT2D eigenvalue weighted by Crippen LogP contribution is 2.48. The zero-order valence-corrected chi connectivity index (χ0v) is 13.4. The molecule has 0 aromatic carbocycles. The minimum absolute atomic E-state index is 0.0120. The van der Waals surface area contributed by atoms with E-state index < -0.39 is 16.0 Å². The molecule has 1 fully saturated rings. The Morgan fingerprint density at radius 1 is 1.48 bits per heavy atom. The Morgan fingerprint density at radius 3 is 2.48 bits per heavy atom. The molecular weight excluding hydrogens is 292 g/mol. The van der Waals surface area contributed by atoms with Crippen LogP contribution in [0.2, 0.25) is 0 Å². The van der Waals surface area contributed by atoms with Crippen molar-refractivity contribution in [2.45, 2.75) is 51.0 Å². The minimum atomic E-state index is -3.67. The molecule has 1 aliphatic rings. The van der Waals surface area contributed by atoms with E-state index >= 15 is 0 Å². The standard InChI is InChI=1S/C14H22N2O4S/c1-4-14(5-6-14)9-15-21(19,20)11-7-12(13(17)18)16(8-11)10(2)3/h7-8,10,15H,4-6,9H2,1-3H3,(H,17,18). The van der Waals surface area contributed by atoms with Crippen LogP contribution < -0.4 is 4.72 Å². The number of aromatic nitrogens is 1. The Hall–Kier alpha value is -1.34. The van der Waals surface area contributed by atoms with Crippen molar-refractivity contribution in [1.82, 2.24) is 9.29 Å². The monoisotopic (exact) mass is 314 g/mol. The topological polar surface area (TPSA) is 88.4 Å². The molecule has 0 spiro atoms. The third-order valence-corrected chi connectivity index (χ3v) is 5.62. The van der Waals surface area contributed by atoms with Crippen LogP contribution in [0.4, 0.5) is 0 Å². The number of rotatable bonds is 7. The second-order valence-electron chi connectivity index (χ2n) is 6.05. The first kappa shape index (κ1) is 16.0. The van der Waals surface area contributed by atoms with Crippen molar-refractivity contribution < 1.29 is 18.3 Å². The first-order valence-corrected chi connectivity index (χ1v) is 8.64. The van der Waals surface area contributed by atoms with E-state index in [1.165, 1.54) is 16.8 Å². The van der Waals surface area contributed by atoms with Gasteiger partial charge in [-0.3, -0.25) is 0 Å². The largest absolute Gasteiger partial charge is 0.477 e. The van der Waals surface area contributed by atoms with Crippen LogP contribution in [0.1, 0.15) is 56.6 Å². The van der Waals surface area contributed by atoms with Crippen LogP contribution in [0, 0.1) is 5.41 Å². The van der Waals surface area contributed by atoms with Gasteiger partial charge in [-0.05, 0) is 44.6 Å². The summed E-state index contributed by atoms with van der Waals surface area (Å²) in [7, 11) is -3.67. The lowest BCUT2D eigenvalue weighted by atomic mass is 10.1. The van der Waals surface area contributed by atoms with Gasteiger partial charge in [-0.1, -0.05) is 6.92 Å². The fourth-order valence-corrected chi connectivity index (χ4v) is 3.55. The van der Waals surface area contributed by atoms with E-state index in [-0.39, 0.29) is 22.0 Å². The van der Waals surface area contributed by atoms with Crippen LogP contribution in [0.5, 0.6) is 0 Å². The number of aromatic carboxylic acids is 1. The Kier molecular flexibility index (Phi) is 4.17. The Morgan fingerprint density at radius 2 is 2.10 bits per heavy atom. The molecule has 0 aliphatic heterocycles. The van der Waals surface area contributed by atoms with E-state index in [1.54, 1.807) is 0 Å². The summed E-state index contributed by atoms with van der Waals surface area (Å²) in [6.45, 7) is 6.10. The first-order chi connectivity index (χ1) is 9.71. The van der Waals surface area contributed by atoms with Gasteiger partial charge in [0, 0.05) is 18.8 Å². The molecule has 1 aromatic heterocycles. The lowest BCUT2D eigenvalue weighted by molar-refractivity contribution is 0.0683. The first-order valence-electron chi connectivity index (χ1n) is 7.15. The molecule has 1 aliphatic carbocycles. The third-order valence-electron chi connectivity index (χ3n) is 4.25. The van der Waals surface area contributed by atoms with Gasteiger partial charge in [0.15, 0.2) is 0 Å². The van der Waals surface area contributed by atoms with Gasteiger partial charge in [0.2, 0.25) is 10.0 Å². The molecule has 118 valence electrons. The van der Waals surface area contributed by atoms with Gasteiger partial charge >= 0.3 is 5.97 Å². The molecule has 1 heterocycles. The van der Waals surface area contributed by atoms with Gasteiger partial charge in [-0.15, -0.1) is 0 Å². The lowest BCUT2D eigenvalue weighted by Gasteiger charge is -2.13. The van der Waals surface area contributed by atoms with Crippen LogP contribution in [-0.2, 0) is 10.0 Å². The van der Waals surface area contributed by atoms with Crippen molar-refractivity contribution in [3.05, 3.63) is 18.0 Å². The zero-order chi connectivity index (χ0) is 15.8. The van der Waals surface area contributed by atoms with E-state index in [9.17, 15) is 13.2 Å². The number of nitrogens with one attached hydrogen (secondary N) is 1. The second-order valence-corrected chi connectivity index (χ2v) is 7.81. The molecule has 0 radical (unpaired) electrons. The van der Waals surface area contributed by atoms with Crippen LogP contribution >= 0.6 is 0 Å². The summed E-state index contributed by atoms with van der Waals surface area (Å²) in [6, 6.07) is 1.10. The third kappa shape index (κ3) is 3.29. The van der Waals surface area contributed by atoms with E-state index in [0.717, 1.165) is 19.3 Å². The van der Waals surface area contributed by atoms with Crippen molar-refractivity contribution in [3.8, 4) is 0 Å². The highest BCUT2D eigenvalue weighted by molar-refractivity contribution is 7.89. The van der Waals surface area contributed by atoms with Crippen LogP contribution in [-0.4, -0.2) is 30.6 Å². The Bertz CT molecular complexity index is 642. The van der Waals surface area contributed by atoms with Gasteiger partial charge in [0.25, 0.3) is 0 Å². The zero-order valence-electron chi connectivity index (χ0n) is 12.6. The van der Waals surface area contributed by atoms with Crippen molar-refractivity contribution in [2.24, 2.45) is 5.41 Å². The number of sulfonamides is 1. The number of carboxylic acid groups (broad SMARTS) is 1. The maximum atomic E-state index is 12.3. The Balaban J connectivity index is 2.24. The van der Waals surface area contributed by atoms with Crippen molar-refractivity contribution in [1.29, 1.82) is 0 Å². The normalized spacial score (nSPS) is 17.1. The quantitative estimate of drug-likeness (QED) is 0.808. The molecule has 1 saturated carbocycles. The van der Waals surface area contributed by atoms with Gasteiger partial charge in [-0.25, -0.2) is 17.9 Å². The van der Waals surface area contributed by atoms with E-state index in [2.05, 4.69) is 11.6 Å². The Labute approximate surface area is 125 Å². The summed E-state index contributed by atoms with van der Waals surface area (Å²) in [4.78, 5) is 11.2. The minimum Gasteiger partial charge on any atom is -0.477 e. The van der Waals surface area contributed by atoms with E-state index in [1.807, 2.05) is 13.8 Å². The summed E-state index contributed by atoms with van der Waals surface area (Å²) in [5.74, 6) is -1.13. The highest BCUT2D eigenvalue weighted by Gasteiger charge is 2.41. The summed E-state index contributed by atoms with van der Waals surface area (Å²) >= 11 is 0. The van der Waals surface area contributed by atoms with Crippen LogP contribution in [0.15, 0.2) is 17.2 Å². The highest BCUT2D eigenvalue weighted by atomic mass is 32.2. The summed E-state index contributed by atoms with van der Waals surface area (Å²) < 4.78 is 28.7. The molecule has 0 saturated heterocycles. The average Bonchev–Trinajstić information content (AvgIpc) is 3.03. The van der Waals surface area contributed by atoms with E-state index in [0.29, 0.717) is 6.54 Å². The van der Waals surface area contributed by atoms with Gasteiger partial charge < -0.3 is 9.67 Å². The number of carbonyl (C=O) groups is 1. The van der Waals surface area contributed by atoms with Crippen molar-refractivity contribution >= 4 is 16.0 Å². The van der Waals surface area contributed by atoms with E-state index in [4.69, 9.17) is 5.11 Å². The molecule has 1 aromatic rings. The maximum Gasteiger partial charge on any atom is 0.352 e. The molecule has 6 nitrogen and oxygen atoms in total. The molecule has 2 rings (SSSR count). The SMILES string of the molecule is CCC1(CNS(=O)(=O)c2cc(C(=O)O)n(C(C)C)c2)CC1. The number of nitrogens with zero attached hydrogens (tertiary/aromatic N) is 1. The molecule has 0 unspecified atom stereocenters. The fourth-order valence-electron chi connectivity index (χ4n) is 2.36. The fraction of sp³-hybridized carbons (Fsp3) is 0.643. The molecule has 7 heteroatoms. The smallest absolute Gasteiger partial charge is 0.352 e. The number of hydrogen-bond acceptors (Lipinski definition) is 3. The summed E-state index contributed by atoms with van der Waals surface area (Å²) in [6.07, 6.45) is 4.42. The predicted octanol–water partition coefficient (Wildman–Crippen LogP) is 2.24. The average molecular weight is 314 g/mol. The van der Waals surface area contributed by atoms with Crippen molar-refractivity contribution in [3.63, 3.8) is 0 Å². The van der Waals surface area contributed by atoms with Crippen LogP contribution in [0.3, 0.4) is 0 Å². The van der Waals surface area contributed by atoms with Gasteiger partial charge in [-0.2, -0.15) is 0 Å². The molecule has 0 atom stereocenters. The molecule has 21 heavy (non-hydrogen) atoms. The lowest BCUT2D eigenvalue weighted by Crippen LogP contribution is -2.29. The molecular formula is C14H22N2O4S. The predicted molar refractivity (Wildman–Crippen MR) is 78.9 cm³/mol.